The zero-order valence-electron chi connectivity index (χ0n) is 12.1. The minimum absolute atomic E-state index is 0.0343. The lowest BCUT2D eigenvalue weighted by Crippen LogP contribution is -2.28. The molecule has 0 radical (unpaired) electrons. The third-order valence-corrected chi connectivity index (χ3v) is 6.17. The summed E-state index contributed by atoms with van der Waals surface area (Å²) in [4.78, 5) is 11.7. The van der Waals surface area contributed by atoms with Gasteiger partial charge in [0.15, 0.2) is 9.84 Å². The summed E-state index contributed by atoms with van der Waals surface area (Å²) in [5.74, 6) is -1.88. The molecule has 1 N–H and O–H groups in total. The second-order valence-corrected chi connectivity index (χ2v) is 7.94. The Hall–Kier alpha value is -1.50. The highest BCUT2D eigenvalue weighted by Crippen LogP contribution is 2.25. The van der Waals surface area contributed by atoms with Gasteiger partial charge in [-0.3, -0.25) is 4.79 Å². The summed E-state index contributed by atoms with van der Waals surface area (Å²) in [7, 11) is -3.25. The molecule has 7 heteroatoms. The minimum atomic E-state index is -3.25. The molecule has 122 valence electrons. The molecule has 0 aromatic heterocycles. The van der Waals surface area contributed by atoms with Crippen LogP contribution in [0.25, 0.3) is 0 Å². The SMILES string of the molecule is O=C(CCS(=O)(=O)C1CCCC1)NCc1cc(F)ccc1F. The summed E-state index contributed by atoms with van der Waals surface area (Å²) in [6, 6.07) is 2.99. The first-order valence-corrected chi connectivity index (χ1v) is 9.02. The molecule has 1 fully saturated rings. The number of rotatable bonds is 6. The number of carbonyl (C=O) groups is 1. The van der Waals surface area contributed by atoms with Gasteiger partial charge in [-0.1, -0.05) is 12.8 Å². The van der Waals surface area contributed by atoms with E-state index < -0.39 is 27.4 Å². The largest absolute Gasteiger partial charge is 0.352 e. The molecule has 0 atom stereocenters. The van der Waals surface area contributed by atoms with Crippen LogP contribution in [-0.4, -0.2) is 25.3 Å². The average Bonchev–Trinajstić information content (AvgIpc) is 3.01. The van der Waals surface area contributed by atoms with E-state index in [0.29, 0.717) is 12.8 Å². The van der Waals surface area contributed by atoms with Crippen LogP contribution in [0, 0.1) is 11.6 Å². The van der Waals surface area contributed by atoms with Crippen LogP contribution in [0.2, 0.25) is 0 Å². The van der Waals surface area contributed by atoms with E-state index in [2.05, 4.69) is 5.32 Å². The number of hydrogen-bond acceptors (Lipinski definition) is 3. The quantitative estimate of drug-likeness (QED) is 0.870. The Morgan fingerprint density at radius 1 is 1.23 bits per heavy atom. The second-order valence-electron chi connectivity index (χ2n) is 5.54. The van der Waals surface area contributed by atoms with Gasteiger partial charge >= 0.3 is 0 Å². The fraction of sp³-hybridized carbons (Fsp3) is 0.533. The Bertz CT molecular complexity index is 640. The predicted octanol–water partition coefficient (Wildman–Crippen LogP) is 2.33. The maximum absolute atomic E-state index is 13.4. The Balaban J connectivity index is 1.82. The summed E-state index contributed by atoms with van der Waals surface area (Å²) in [6.07, 6.45) is 3.00. The third-order valence-electron chi connectivity index (χ3n) is 3.91. The van der Waals surface area contributed by atoms with Crippen LogP contribution in [0.3, 0.4) is 0 Å². The smallest absolute Gasteiger partial charge is 0.221 e. The van der Waals surface area contributed by atoms with E-state index in [1.807, 2.05) is 0 Å². The standard InChI is InChI=1S/C15H19F2NO3S/c16-12-5-6-14(17)11(9-12)10-18-15(19)7-8-22(20,21)13-3-1-2-4-13/h5-6,9,13H,1-4,7-8,10H2,(H,18,19). The van der Waals surface area contributed by atoms with Crippen LogP contribution in [0.5, 0.6) is 0 Å². The van der Waals surface area contributed by atoms with Gasteiger partial charge in [0.25, 0.3) is 0 Å². The monoisotopic (exact) mass is 331 g/mol. The van der Waals surface area contributed by atoms with E-state index in [1.54, 1.807) is 0 Å². The van der Waals surface area contributed by atoms with E-state index in [1.165, 1.54) is 0 Å². The highest BCUT2D eigenvalue weighted by molar-refractivity contribution is 7.92. The van der Waals surface area contributed by atoms with Gasteiger partial charge in [0.1, 0.15) is 11.6 Å². The van der Waals surface area contributed by atoms with Gasteiger partial charge in [-0.2, -0.15) is 0 Å². The van der Waals surface area contributed by atoms with Gasteiger partial charge in [0.2, 0.25) is 5.91 Å². The summed E-state index contributed by atoms with van der Waals surface area (Å²) in [5, 5.41) is 2.09. The van der Waals surface area contributed by atoms with Gasteiger partial charge in [-0.25, -0.2) is 17.2 Å². The molecule has 0 saturated heterocycles. The molecule has 0 heterocycles. The maximum atomic E-state index is 13.4. The number of nitrogens with one attached hydrogen (secondary N) is 1. The molecule has 1 aliphatic rings. The lowest BCUT2D eigenvalue weighted by molar-refractivity contribution is -0.120. The molecule has 1 aliphatic carbocycles. The molecule has 0 aliphatic heterocycles. The lowest BCUT2D eigenvalue weighted by Gasteiger charge is -2.11. The van der Waals surface area contributed by atoms with Gasteiger partial charge in [0.05, 0.1) is 11.0 Å². The van der Waals surface area contributed by atoms with Crippen LogP contribution in [0.15, 0.2) is 18.2 Å². The maximum Gasteiger partial charge on any atom is 0.221 e. The first-order valence-electron chi connectivity index (χ1n) is 7.30. The third kappa shape index (κ3) is 4.50. The molecule has 0 unspecified atom stereocenters. The fourth-order valence-electron chi connectivity index (χ4n) is 2.61. The fourth-order valence-corrected chi connectivity index (χ4v) is 4.46. The second kappa shape index (κ2) is 7.17. The van der Waals surface area contributed by atoms with Crippen LogP contribution in [0.1, 0.15) is 37.7 Å². The Kier molecular flexibility index (Phi) is 5.50. The van der Waals surface area contributed by atoms with E-state index >= 15 is 0 Å². The van der Waals surface area contributed by atoms with Crippen LogP contribution in [0.4, 0.5) is 8.78 Å². The lowest BCUT2D eigenvalue weighted by atomic mass is 10.2. The summed E-state index contributed by atoms with van der Waals surface area (Å²) < 4.78 is 50.4. The van der Waals surface area contributed by atoms with Crippen LogP contribution in [-0.2, 0) is 21.2 Å². The average molecular weight is 331 g/mol. The van der Waals surface area contributed by atoms with Crippen molar-refractivity contribution in [3.05, 3.63) is 35.4 Å². The molecular formula is C15H19F2NO3S. The number of sulfone groups is 1. The highest BCUT2D eigenvalue weighted by atomic mass is 32.2. The normalized spacial score (nSPS) is 15.9. The van der Waals surface area contributed by atoms with E-state index in [4.69, 9.17) is 0 Å². The van der Waals surface area contributed by atoms with Gasteiger partial charge in [-0.05, 0) is 31.0 Å². The number of benzene rings is 1. The van der Waals surface area contributed by atoms with Crippen molar-refractivity contribution in [1.29, 1.82) is 0 Å². The zero-order valence-corrected chi connectivity index (χ0v) is 13.0. The van der Waals surface area contributed by atoms with E-state index in [0.717, 1.165) is 31.0 Å². The Labute approximate surface area is 128 Å². The topological polar surface area (TPSA) is 63.2 Å². The molecule has 2 rings (SSSR count). The highest BCUT2D eigenvalue weighted by Gasteiger charge is 2.28. The van der Waals surface area contributed by atoms with Crippen molar-refractivity contribution in [2.75, 3.05) is 5.75 Å². The molecule has 0 spiro atoms. The predicted molar refractivity (Wildman–Crippen MR) is 78.9 cm³/mol. The molecule has 0 bridgehead atoms. The molecule has 1 aromatic rings. The molecule has 1 aromatic carbocycles. The number of halogens is 2. The zero-order chi connectivity index (χ0) is 16.2. The van der Waals surface area contributed by atoms with Crippen molar-refractivity contribution < 1.29 is 22.0 Å². The minimum Gasteiger partial charge on any atom is -0.352 e. The Morgan fingerprint density at radius 3 is 2.59 bits per heavy atom. The summed E-state index contributed by atoms with van der Waals surface area (Å²) in [6.45, 7) is -0.161. The van der Waals surface area contributed by atoms with Crippen molar-refractivity contribution in [1.82, 2.24) is 5.32 Å². The molecular weight excluding hydrogens is 312 g/mol. The molecule has 4 nitrogen and oxygen atoms in total. The number of carbonyl (C=O) groups excluding carboxylic acids is 1. The van der Waals surface area contributed by atoms with Crippen molar-refractivity contribution in [3.63, 3.8) is 0 Å². The van der Waals surface area contributed by atoms with Crippen molar-refractivity contribution >= 4 is 15.7 Å². The van der Waals surface area contributed by atoms with Crippen LogP contribution >= 0.6 is 0 Å². The summed E-state index contributed by atoms with van der Waals surface area (Å²) in [5.41, 5.74) is 0.0343. The number of amides is 1. The first-order chi connectivity index (χ1) is 10.4. The molecule has 1 amide bonds. The number of hydrogen-bond donors (Lipinski definition) is 1. The van der Waals surface area contributed by atoms with E-state index in [-0.39, 0.29) is 29.5 Å². The molecule has 22 heavy (non-hydrogen) atoms. The van der Waals surface area contributed by atoms with Crippen LogP contribution < -0.4 is 5.32 Å². The van der Waals surface area contributed by atoms with Crippen molar-refractivity contribution in [2.24, 2.45) is 0 Å². The Morgan fingerprint density at radius 2 is 1.91 bits per heavy atom. The van der Waals surface area contributed by atoms with Gasteiger partial charge < -0.3 is 5.32 Å². The van der Waals surface area contributed by atoms with Crippen molar-refractivity contribution in [3.8, 4) is 0 Å². The first kappa shape index (κ1) is 16.9. The molecule has 1 saturated carbocycles. The van der Waals surface area contributed by atoms with Gasteiger partial charge in [0, 0.05) is 18.5 Å². The summed E-state index contributed by atoms with van der Waals surface area (Å²) >= 11 is 0. The van der Waals surface area contributed by atoms with E-state index in [9.17, 15) is 22.0 Å². The van der Waals surface area contributed by atoms with Gasteiger partial charge in [-0.15, -0.1) is 0 Å². The van der Waals surface area contributed by atoms with Crippen molar-refractivity contribution in [2.45, 2.75) is 43.9 Å².